The molecular weight excluding hydrogens is 200 g/mol. The number of halogens is 2. The quantitative estimate of drug-likeness (QED) is 0.705. The van der Waals surface area contributed by atoms with E-state index in [1.807, 2.05) is 13.8 Å². The first-order valence-corrected chi connectivity index (χ1v) is 4.83. The predicted molar refractivity (Wildman–Crippen MR) is 55.1 cm³/mol. The van der Waals surface area contributed by atoms with Crippen LogP contribution >= 0.6 is 0 Å². The fraction of sp³-hybridized carbons (Fsp3) is 0.364. The molecule has 1 aliphatic rings. The van der Waals surface area contributed by atoms with Crippen molar-refractivity contribution in [2.45, 2.75) is 26.7 Å². The van der Waals surface area contributed by atoms with Crippen LogP contribution in [0, 0.1) is 6.92 Å². The van der Waals surface area contributed by atoms with E-state index in [1.165, 1.54) is 6.07 Å². The molecule has 1 aromatic carbocycles. The van der Waals surface area contributed by atoms with Gasteiger partial charge in [0.2, 0.25) is 0 Å². The number of hydrogen-bond donors (Lipinski definition) is 1. The minimum atomic E-state index is -3.37. The summed E-state index contributed by atoms with van der Waals surface area (Å²) < 4.78 is 26.4. The molecule has 15 heavy (non-hydrogen) atoms. The Morgan fingerprint density at radius 2 is 1.87 bits per heavy atom. The standard InChI is InChI=1S/C9H7F2NO.C2H6/c1-5-3-2-4-6-7(5)9(10,11)8(13)12-6;1-2/h2-4H,1H3,(H,12,13);1-2H3. The van der Waals surface area contributed by atoms with Gasteiger partial charge in [0.1, 0.15) is 0 Å². The zero-order valence-corrected chi connectivity index (χ0v) is 8.90. The van der Waals surface area contributed by atoms with E-state index in [2.05, 4.69) is 5.32 Å². The van der Waals surface area contributed by atoms with Gasteiger partial charge in [-0.25, -0.2) is 0 Å². The number of nitrogens with one attached hydrogen (secondary N) is 1. The molecule has 2 rings (SSSR count). The second-order valence-corrected chi connectivity index (χ2v) is 3.03. The second kappa shape index (κ2) is 3.96. The lowest BCUT2D eigenvalue weighted by Crippen LogP contribution is -2.24. The third-order valence-corrected chi connectivity index (χ3v) is 2.12. The van der Waals surface area contributed by atoms with Gasteiger partial charge in [0.05, 0.1) is 11.3 Å². The number of carbonyl (C=O) groups excluding carboxylic acids is 1. The van der Waals surface area contributed by atoms with E-state index in [9.17, 15) is 13.6 Å². The van der Waals surface area contributed by atoms with E-state index in [4.69, 9.17) is 0 Å². The maximum Gasteiger partial charge on any atom is 0.352 e. The van der Waals surface area contributed by atoms with E-state index in [1.54, 1.807) is 19.1 Å². The van der Waals surface area contributed by atoms with Crippen molar-refractivity contribution in [3.05, 3.63) is 29.3 Å². The largest absolute Gasteiger partial charge is 0.352 e. The van der Waals surface area contributed by atoms with Gasteiger partial charge in [-0.15, -0.1) is 0 Å². The van der Waals surface area contributed by atoms with Crippen LogP contribution in [0.4, 0.5) is 14.5 Å². The third kappa shape index (κ3) is 1.71. The van der Waals surface area contributed by atoms with Gasteiger partial charge in [-0.2, -0.15) is 8.78 Å². The summed E-state index contributed by atoms with van der Waals surface area (Å²) >= 11 is 0. The van der Waals surface area contributed by atoms with Crippen molar-refractivity contribution in [1.29, 1.82) is 0 Å². The summed E-state index contributed by atoms with van der Waals surface area (Å²) in [5.41, 5.74) is 0.454. The van der Waals surface area contributed by atoms with Crippen molar-refractivity contribution in [3.63, 3.8) is 0 Å². The highest BCUT2D eigenvalue weighted by Crippen LogP contribution is 2.41. The Hall–Kier alpha value is -1.45. The van der Waals surface area contributed by atoms with Crippen LogP contribution in [0.3, 0.4) is 0 Å². The van der Waals surface area contributed by atoms with Gasteiger partial charge in [0, 0.05) is 0 Å². The molecule has 1 amide bonds. The summed E-state index contributed by atoms with van der Waals surface area (Å²) in [5.74, 6) is -4.61. The first-order chi connectivity index (χ1) is 7.03. The number of hydrogen-bond acceptors (Lipinski definition) is 1. The first-order valence-electron chi connectivity index (χ1n) is 4.83. The molecule has 0 aliphatic carbocycles. The van der Waals surface area contributed by atoms with Gasteiger partial charge >= 0.3 is 5.92 Å². The number of alkyl halides is 2. The van der Waals surface area contributed by atoms with Crippen molar-refractivity contribution in [2.24, 2.45) is 0 Å². The second-order valence-electron chi connectivity index (χ2n) is 3.03. The highest BCUT2D eigenvalue weighted by molar-refractivity contribution is 6.04. The SMILES string of the molecule is CC.Cc1cccc2c1C(F)(F)C(=O)N2. The minimum Gasteiger partial charge on any atom is -0.320 e. The molecule has 0 aromatic heterocycles. The van der Waals surface area contributed by atoms with Gasteiger partial charge in [-0.1, -0.05) is 26.0 Å². The average Bonchev–Trinajstić information content (AvgIpc) is 2.42. The Bertz CT molecular complexity index is 388. The number of aryl methyl sites for hydroxylation is 1. The van der Waals surface area contributed by atoms with Crippen molar-refractivity contribution >= 4 is 11.6 Å². The van der Waals surface area contributed by atoms with E-state index in [0.29, 0.717) is 5.56 Å². The zero-order valence-electron chi connectivity index (χ0n) is 8.90. The van der Waals surface area contributed by atoms with Crippen LogP contribution in [0.1, 0.15) is 25.0 Å². The molecule has 0 spiro atoms. The van der Waals surface area contributed by atoms with E-state index >= 15 is 0 Å². The monoisotopic (exact) mass is 213 g/mol. The van der Waals surface area contributed by atoms with Crippen LogP contribution in [-0.4, -0.2) is 5.91 Å². The summed E-state index contributed by atoms with van der Waals surface area (Å²) in [6.45, 7) is 5.56. The molecule has 0 unspecified atom stereocenters. The zero-order chi connectivity index (χ0) is 11.6. The molecule has 0 saturated heterocycles. The molecule has 1 heterocycles. The lowest BCUT2D eigenvalue weighted by atomic mass is 10.0. The van der Waals surface area contributed by atoms with Crippen LogP contribution in [0.25, 0.3) is 0 Å². The molecule has 1 aliphatic heterocycles. The molecule has 82 valence electrons. The number of rotatable bonds is 0. The first kappa shape index (κ1) is 11.6. The van der Waals surface area contributed by atoms with Crippen LogP contribution < -0.4 is 5.32 Å². The Balaban J connectivity index is 0.000000531. The average molecular weight is 213 g/mol. The molecular formula is C11H13F2NO. The molecule has 0 atom stereocenters. The molecule has 0 saturated carbocycles. The topological polar surface area (TPSA) is 29.1 Å². The molecule has 0 radical (unpaired) electrons. The normalized spacial score (nSPS) is 16.2. The van der Waals surface area contributed by atoms with Gasteiger partial charge < -0.3 is 5.32 Å². The summed E-state index contributed by atoms with van der Waals surface area (Å²) in [4.78, 5) is 10.8. The Morgan fingerprint density at radius 1 is 1.27 bits per heavy atom. The van der Waals surface area contributed by atoms with Crippen LogP contribution in [0.15, 0.2) is 18.2 Å². The van der Waals surface area contributed by atoms with E-state index in [-0.39, 0.29) is 11.3 Å². The number of amides is 1. The van der Waals surface area contributed by atoms with Gasteiger partial charge in [0.25, 0.3) is 5.91 Å². The number of benzene rings is 1. The van der Waals surface area contributed by atoms with Crippen molar-refractivity contribution in [3.8, 4) is 0 Å². The maximum atomic E-state index is 13.2. The Labute approximate surface area is 87.3 Å². The lowest BCUT2D eigenvalue weighted by molar-refractivity contribution is -0.139. The summed E-state index contributed by atoms with van der Waals surface area (Å²) in [6, 6.07) is 4.67. The van der Waals surface area contributed by atoms with Gasteiger partial charge in [0.15, 0.2) is 0 Å². The number of anilines is 1. The van der Waals surface area contributed by atoms with Crippen LogP contribution in [0.5, 0.6) is 0 Å². The Kier molecular flexibility index (Phi) is 3.07. The molecule has 1 aromatic rings. The molecule has 2 nitrogen and oxygen atoms in total. The molecule has 0 bridgehead atoms. The Morgan fingerprint density at radius 3 is 2.40 bits per heavy atom. The number of fused-ring (bicyclic) bond motifs is 1. The predicted octanol–water partition coefficient (Wildman–Crippen LogP) is 3.07. The van der Waals surface area contributed by atoms with E-state index < -0.39 is 11.8 Å². The summed E-state index contributed by atoms with van der Waals surface area (Å²) in [6.07, 6.45) is 0. The number of carbonyl (C=O) groups is 1. The van der Waals surface area contributed by atoms with Gasteiger partial charge in [-0.05, 0) is 18.6 Å². The van der Waals surface area contributed by atoms with Gasteiger partial charge in [-0.3, -0.25) is 4.79 Å². The molecule has 0 fully saturated rings. The molecule has 4 heteroatoms. The molecule has 1 N–H and O–H groups in total. The fourth-order valence-corrected chi connectivity index (χ4v) is 1.50. The highest BCUT2D eigenvalue weighted by atomic mass is 19.3. The van der Waals surface area contributed by atoms with Crippen molar-refractivity contribution in [1.82, 2.24) is 0 Å². The van der Waals surface area contributed by atoms with Crippen LogP contribution in [-0.2, 0) is 10.7 Å². The minimum absolute atomic E-state index is 0.194. The summed E-state index contributed by atoms with van der Waals surface area (Å²) in [5, 5.41) is 2.14. The van der Waals surface area contributed by atoms with Crippen molar-refractivity contribution in [2.75, 3.05) is 5.32 Å². The van der Waals surface area contributed by atoms with Crippen molar-refractivity contribution < 1.29 is 13.6 Å². The van der Waals surface area contributed by atoms with Crippen LogP contribution in [0.2, 0.25) is 0 Å². The highest BCUT2D eigenvalue weighted by Gasteiger charge is 2.49. The smallest absolute Gasteiger partial charge is 0.320 e. The lowest BCUT2D eigenvalue weighted by Gasteiger charge is -2.08. The third-order valence-electron chi connectivity index (χ3n) is 2.12. The van der Waals surface area contributed by atoms with E-state index in [0.717, 1.165) is 0 Å². The summed E-state index contributed by atoms with van der Waals surface area (Å²) in [7, 11) is 0. The maximum absolute atomic E-state index is 13.2. The fourth-order valence-electron chi connectivity index (χ4n) is 1.50.